The predicted octanol–water partition coefficient (Wildman–Crippen LogP) is 7.77. The first-order chi connectivity index (χ1) is 16.0. The van der Waals surface area contributed by atoms with Crippen molar-refractivity contribution >= 4 is 11.0 Å². The van der Waals surface area contributed by atoms with Gasteiger partial charge < -0.3 is 0 Å². The Labute approximate surface area is 195 Å². The molecule has 1 heterocycles. The Morgan fingerprint density at radius 1 is 0.515 bits per heavy atom. The van der Waals surface area contributed by atoms with E-state index in [-0.39, 0.29) is 0 Å². The molecule has 0 spiro atoms. The van der Waals surface area contributed by atoms with Gasteiger partial charge in [0, 0.05) is 23.5 Å². The number of nitrogens with zero attached hydrogens (tertiary/aromatic N) is 2. The van der Waals surface area contributed by atoms with Crippen LogP contribution in [0.3, 0.4) is 0 Å². The first-order valence-corrected chi connectivity index (χ1v) is 11.5. The molecular formula is C31H26N2. The van der Waals surface area contributed by atoms with Gasteiger partial charge in [-0.05, 0) is 73.6 Å². The molecular weight excluding hydrogens is 400 g/mol. The average molecular weight is 427 g/mol. The molecule has 0 radical (unpaired) electrons. The maximum atomic E-state index is 4.82. The third-order valence-corrected chi connectivity index (χ3v) is 6.67. The van der Waals surface area contributed by atoms with Gasteiger partial charge in [0.15, 0.2) is 0 Å². The van der Waals surface area contributed by atoms with E-state index in [4.69, 9.17) is 9.97 Å². The number of hydrogen-bond acceptors (Lipinski definition) is 2. The van der Waals surface area contributed by atoms with Crippen LogP contribution in [0.25, 0.3) is 44.4 Å². The van der Waals surface area contributed by atoms with Crippen LogP contribution in [0.5, 0.6) is 0 Å². The molecule has 0 unspecified atom stereocenters. The number of aryl methyl sites for hydroxylation is 4. The van der Waals surface area contributed by atoms with Gasteiger partial charge in [-0.3, -0.25) is 9.97 Å². The zero-order chi connectivity index (χ0) is 22.7. The molecule has 6 rings (SSSR count). The van der Waals surface area contributed by atoms with E-state index >= 15 is 0 Å². The molecule has 4 aromatic carbocycles. The zero-order valence-electron chi connectivity index (χ0n) is 19.5. The summed E-state index contributed by atoms with van der Waals surface area (Å²) >= 11 is 0. The van der Waals surface area contributed by atoms with E-state index in [0.717, 1.165) is 17.5 Å². The smallest absolute Gasteiger partial charge is 0.0974 e. The Morgan fingerprint density at radius 2 is 1.12 bits per heavy atom. The van der Waals surface area contributed by atoms with Crippen LogP contribution in [-0.4, -0.2) is 9.97 Å². The molecule has 0 bridgehead atoms. The van der Waals surface area contributed by atoms with Gasteiger partial charge >= 0.3 is 0 Å². The maximum Gasteiger partial charge on any atom is 0.0974 e. The normalized spacial score (nSPS) is 12.1. The molecule has 0 N–H and O–H groups in total. The zero-order valence-corrected chi connectivity index (χ0v) is 19.5. The van der Waals surface area contributed by atoms with Crippen LogP contribution in [0.15, 0.2) is 73.1 Å². The van der Waals surface area contributed by atoms with E-state index in [1.807, 2.05) is 6.20 Å². The molecule has 0 aliphatic heterocycles. The predicted molar refractivity (Wildman–Crippen MR) is 138 cm³/mol. The molecule has 0 atom stereocenters. The molecule has 0 amide bonds. The molecule has 0 saturated heterocycles. The Hall–Kier alpha value is -3.78. The summed E-state index contributed by atoms with van der Waals surface area (Å²) in [6.07, 6.45) is 4.54. The molecule has 0 fully saturated rings. The lowest BCUT2D eigenvalue weighted by atomic mass is 9.94. The van der Waals surface area contributed by atoms with Crippen molar-refractivity contribution in [2.24, 2.45) is 0 Å². The van der Waals surface area contributed by atoms with E-state index in [1.54, 1.807) is 6.20 Å². The number of fused-ring (bicyclic) bond motifs is 5. The topological polar surface area (TPSA) is 25.8 Å². The van der Waals surface area contributed by atoms with E-state index in [9.17, 15) is 0 Å². The van der Waals surface area contributed by atoms with Crippen LogP contribution < -0.4 is 0 Å². The fourth-order valence-corrected chi connectivity index (χ4v) is 5.49. The van der Waals surface area contributed by atoms with Gasteiger partial charge in [-0.15, -0.1) is 0 Å². The Kier molecular flexibility index (Phi) is 4.45. The van der Waals surface area contributed by atoms with Crippen molar-refractivity contribution in [2.45, 2.75) is 34.1 Å². The minimum Gasteiger partial charge on any atom is -0.252 e. The van der Waals surface area contributed by atoms with Gasteiger partial charge in [0.1, 0.15) is 0 Å². The number of rotatable bonds is 2. The van der Waals surface area contributed by atoms with E-state index in [2.05, 4.69) is 88.4 Å². The first kappa shape index (κ1) is 19.9. The van der Waals surface area contributed by atoms with Crippen molar-refractivity contribution in [1.82, 2.24) is 9.97 Å². The highest BCUT2D eigenvalue weighted by atomic mass is 14.8. The minimum atomic E-state index is 0.924. The highest BCUT2D eigenvalue weighted by Gasteiger charge is 2.25. The van der Waals surface area contributed by atoms with Gasteiger partial charge in [-0.1, -0.05) is 76.9 Å². The number of benzene rings is 4. The van der Waals surface area contributed by atoms with Crippen LogP contribution >= 0.6 is 0 Å². The fraction of sp³-hybridized carbons (Fsp3) is 0.161. The Morgan fingerprint density at radius 3 is 1.79 bits per heavy atom. The van der Waals surface area contributed by atoms with Crippen LogP contribution in [0, 0.1) is 27.7 Å². The summed E-state index contributed by atoms with van der Waals surface area (Å²) in [5.41, 5.74) is 17.3. The largest absolute Gasteiger partial charge is 0.252 e. The van der Waals surface area contributed by atoms with E-state index < -0.39 is 0 Å². The van der Waals surface area contributed by atoms with Crippen LogP contribution in [-0.2, 0) is 6.42 Å². The third-order valence-electron chi connectivity index (χ3n) is 6.67. The second kappa shape index (κ2) is 7.38. The van der Waals surface area contributed by atoms with E-state index in [1.165, 1.54) is 66.8 Å². The average Bonchev–Trinajstić information content (AvgIpc) is 3.15. The van der Waals surface area contributed by atoms with Crippen molar-refractivity contribution in [3.63, 3.8) is 0 Å². The van der Waals surface area contributed by atoms with Gasteiger partial charge in [0.05, 0.1) is 11.0 Å². The van der Waals surface area contributed by atoms with Crippen molar-refractivity contribution in [1.29, 1.82) is 0 Å². The van der Waals surface area contributed by atoms with Crippen molar-refractivity contribution < 1.29 is 0 Å². The quantitative estimate of drug-likeness (QED) is 0.283. The Bertz CT molecular complexity index is 1540. The number of hydrogen-bond donors (Lipinski definition) is 0. The minimum absolute atomic E-state index is 0.924. The van der Waals surface area contributed by atoms with Crippen molar-refractivity contribution in [3.8, 4) is 33.4 Å². The molecule has 1 aromatic heterocycles. The van der Waals surface area contributed by atoms with Gasteiger partial charge in [0.2, 0.25) is 0 Å². The second-order valence-electron chi connectivity index (χ2n) is 9.51. The molecule has 160 valence electrons. The highest BCUT2D eigenvalue weighted by Crippen LogP contribution is 2.44. The van der Waals surface area contributed by atoms with Gasteiger partial charge in [-0.2, -0.15) is 0 Å². The lowest BCUT2D eigenvalue weighted by Gasteiger charge is -2.12. The van der Waals surface area contributed by atoms with Crippen LogP contribution in [0.1, 0.15) is 33.4 Å². The summed E-state index contributed by atoms with van der Waals surface area (Å²) in [5.74, 6) is 0. The molecule has 2 nitrogen and oxygen atoms in total. The van der Waals surface area contributed by atoms with Gasteiger partial charge in [-0.25, -0.2) is 0 Å². The fourth-order valence-electron chi connectivity index (χ4n) is 5.49. The lowest BCUT2D eigenvalue weighted by Crippen LogP contribution is -1.93. The van der Waals surface area contributed by atoms with Crippen LogP contribution in [0.4, 0.5) is 0 Å². The Balaban J connectivity index is 1.54. The summed E-state index contributed by atoms with van der Waals surface area (Å²) in [5, 5.41) is 0. The molecule has 1 aliphatic rings. The third kappa shape index (κ3) is 3.34. The SMILES string of the molecule is Cc1cc(C)cc(-c2ccc3c(c2)Cc2cc(-c4cc(C)cc(C)c4)c4nccnc4c2-3)c1. The summed E-state index contributed by atoms with van der Waals surface area (Å²) in [7, 11) is 0. The molecule has 0 saturated carbocycles. The first-order valence-electron chi connectivity index (χ1n) is 11.5. The van der Waals surface area contributed by atoms with Crippen molar-refractivity contribution in [2.75, 3.05) is 0 Å². The van der Waals surface area contributed by atoms with Crippen LogP contribution in [0.2, 0.25) is 0 Å². The number of aromatic nitrogens is 2. The molecule has 2 heteroatoms. The second-order valence-corrected chi connectivity index (χ2v) is 9.51. The molecule has 5 aromatic rings. The highest BCUT2D eigenvalue weighted by molar-refractivity contribution is 6.04. The summed E-state index contributed by atoms with van der Waals surface area (Å²) in [6.45, 7) is 8.64. The maximum absolute atomic E-state index is 4.82. The summed E-state index contributed by atoms with van der Waals surface area (Å²) < 4.78 is 0. The standard InChI is InChI=1S/C31H26N2/c1-18-9-19(2)12-23(11-18)22-5-6-27-25(15-22)16-26-17-28(24-13-20(3)10-21(4)14-24)30-31(29(26)27)33-8-7-32-30/h5-15,17H,16H2,1-4H3. The van der Waals surface area contributed by atoms with Crippen molar-refractivity contribution in [3.05, 3.63) is 106 Å². The summed E-state index contributed by atoms with van der Waals surface area (Å²) in [6, 6.07) is 22.7. The van der Waals surface area contributed by atoms with E-state index in [0.29, 0.717) is 0 Å². The lowest BCUT2D eigenvalue weighted by molar-refractivity contribution is 1.25. The molecule has 1 aliphatic carbocycles. The summed E-state index contributed by atoms with van der Waals surface area (Å²) in [4.78, 5) is 9.61. The molecule has 33 heavy (non-hydrogen) atoms. The monoisotopic (exact) mass is 426 g/mol. The van der Waals surface area contributed by atoms with Gasteiger partial charge in [0.25, 0.3) is 0 Å².